The number of hydrogen-bond donors (Lipinski definition) is 2. The van der Waals surface area contributed by atoms with E-state index < -0.39 is 23.1 Å². The third-order valence-corrected chi connectivity index (χ3v) is 6.79. The molecule has 1 atom stereocenters. The summed E-state index contributed by atoms with van der Waals surface area (Å²) in [6.45, 7) is 0. The molecule has 2 N–H and O–H groups in total. The van der Waals surface area contributed by atoms with Crippen molar-refractivity contribution < 1.29 is 19.7 Å². The summed E-state index contributed by atoms with van der Waals surface area (Å²) in [4.78, 5) is 12.1. The van der Waals surface area contributed by atoms with Crippen molar-refractivity contribution in [1.29, 1.82) is 0 Å². The minimum Gasteiger partial charge on any atom is -0.504 e. The van der Waals surface area contributed by atoms with Crippen LogP contribution in [0.25, 0.3) is 11.1 Å². The number of aliphatic hydroxyl groups excluding tert-OH is 2. The van der Waals surface area contributed by atoms with Crippen LogP contribution in [0.15, 0.2) is 90.4 Å². The average Bonchev–Trinajstić information content (AvgIpc) is 3.10. The lowest BCUT2D eigenvalue weighted by Gasteiger charge is -2.29. The highest BCUT2D eigenvalue weighted by Crippen LogP contribution is 2.45. The van der Waals surface area contributed by atoms with E-state index in [1.54, 1.807) is 24.3 Å². The molecule has 5 rings (SSSR count). The molecule has 0 bridgehead atoms. The molecule has 1 fully saturated rings. The van der Waals surface area contributed by atoms with Crippen molar-refractivity contribution in [3.05, 3.63) is 107 Å². The Balaban J connectivity index is 1.47. The van der Waals surface area contributed by atoms with E-state index in [9.17, 15) is 15.0 Å². The molecule has 4 heteroatoms. The van der Waals surface area contributed by atoms with Crippen LogP contribution in [-0.4, -0.2) is 16.2 Å². The van der Waals surface area contributed by atoms with E-state index in [1.807, 2.05) is 30.3 Å². The molecule has 0 spiro atoms. The molecule has 1 aliphatic carbocycles. The summed E-state index contributed by atoms with van der Waals surface area (Å²) in [6.07, 6.45) is 6.54. The van der Waals surface area contributed by atoms with Crippen LogP contribution < -0.4 is 0 Å². The van der Waals surface area contributed by atoms with Crippen molar-refractivity contribution >= 4 is 5.97 Å². The Morgan fingerprint density at radius 1 is 0.719 bits per heavy atom. The zero-order valence-electron chi connectivity index (χ0n) is 17.8. The van der Waals surface area contributed by atoms with Gasteiger partial charge in [0.1, 0.15) is 0 Å². The molecule has 0 radical (unpaired) electrons. The number of esters is 1. The Morgan fingerprint density at radius 2 is 1.28 bits per heavy atom. The van der Waals surface area contributed by atoms with Gasteiger partial charge in [0, 0.05) is 11.1 Å². The number of hydrogen-bond acceptors (Lipinski definition) is 4. The van der Waals surface area contributed by atoms with Gasteiger partial charge in [0.15, 0.2) is 5.76 Å². The van der Waals surface area contributed by atoms with Crippen molar-refractivity contribution in [1.82, 2.24) is 0 Å². The van der Waals surface area contributed by atoms with E-state index in [1.165, 1.54) is 37.7 Å². The fourth-order valence-electron chi connectivity index (χ4n) is 5.01. The fraction of sp³-hybridized carbons (Fsp3) is 0.250. The van der Waals surface area contributed by atoms with Gasteiger partial charge < -0.3 is 14.9 Å². The molecule has 1 heterocycles. The molecule has 1 aliphatic heterocycles. The van der Waals surface area contributed by atoms with Crippen LogP contribution in [0.5, 0.6) is 0 Å². The second-order valence-corrected chi connectivity index (χ2v) is 8.67. The Hall–Kier alpha value is -3.53. The molecule has 2 aliphatic rings. The molecular weight excluding hydrogens is 400 g/mol. The molecule has 3 aromatic carbocycles. The van der Waals surface area contributed by atoms with Gasteiger partial charge in [-0.05, 0) is 35.4 Å². The summed E-state index contributed by atoms with van der Waals surface area (Å²) in [6, 6.07) is 25.3. The highest BCUT2D eigenvalue weighted by atomic mass is 16.6. The lowest BCUT2D eigenvalue weighted by atomic mass is 9.83. The first kappa shape index (κ1) is 20.4. The highest BCUT2D eigenvalue weighted by Gasteiger charge is 2.51. The van der Waals surface area contributed by atoms with E-state index in [0.29, 0.717) is 17.0 Å². The third-order valence-electron chi connectivity index (χ3n) is 6.79. The van der Waals surface area contributed by atoms with E-state index in [0.717, 1.165) is 11.1 Å². The Kier molecular flexibility index (Phi) is 5.22. The van der Waals surface area contributed by atoms with Gasteiger partial charge in [-0.25, -0.2) is 4.79 Å². The first-order valence-corrected chi connectivity index (χ1v) is 11.2. The van der Waals surface area contributed by atoms with Crippen molar-refractivity contribution in [2.24, 2.45) is 0 Å². The van der Waals surface area contributed by atoms with E-state index in [-0.39, 0.29) is 0 Å². The Morgan fingerprint density at radius 3 is 1.84 bits per heavy atom. The smallest absolute Gasteiger partial charge is 0.378 e. The molecule has 32 heavy (non-hydrogen) atoms. The van der Waals surface area contributed by atoms with Crippen LogP contribution in [-0.2, 0) is 15.1 Å². The first-order valence-electron chi connectivity index (χ1n) is 11.2. The maximum atomic E-state index is 12.1. The SMILES string of the molecule is O=C1OC(c2ccccc2)(c2ccc(-c3ccc(C4CCCCC4)cc3)cc2)C(O)=C1O. The summed E-state index contributed by atoms with van der Waals surface area (Å²) in [5, 5.41) is 20.8. The number of cyclic esters (lactones) is 1. The predicted molar refractivity (Wildman–Crippen MR) is 123 cm³/mol. The van der Waals surface area contributed by atoms with Crippen LogP contribution in [0.3, 0.4) is 0 Å². The van der Waals surface area contributed by atoms with Gasteiger partial charge >= 0.3 is 5.97 Å². The molecule has 162 valence electrons. The standard InChI is InChI=1S/C28H26O4/c29-25-26(30)28(32-27(25)31,23-9-5-2-6-10-23)24-17-15-22(16-18-24)21-13-11-20(12-14-21)19-7-3-1-4-8-19/h2,5-6,9-19,29-30H,1,3-4,7-8H2. The van der Waals surface area contributed by atoms with Crippen molar-refractivity contribution in [2.75, 3.05) is 0 Å². The fourth-order valence-corrected chi connectivity index (χ4v) is 5.01. The molecular formula is C28H26O4. The first-order chi connectivity index (χ1) is 15.6. The second-order valence-electron chi connectivity index (χ2n) is 8.67. The number of carbonyl (C=O) groups is 1. The number of benzene rings is 3. The average molecular weight is 427 g/mol. The zero-order chi connectivity index (χ0) is 22.1. The number of rotatable bonds is 4. The molecule has 3 aromatic rings. The largest absolute Gasteiger partial charge is 0.504 e. The van der Waals surface area contributed by atoms with Gasteiger partial charge in [0.05, 0.1) is 0 Å². The van der Waals surface area contributed by atoms with Crippen LogP contribution >= 0.6 is 0 Å². The highest BCUT2D eigenvalue weighted by molar-refractivity contribution is 5.91. The van der Waals surface area contributed by atoms with Crippen LogP contribution in [0.4, 0.5) is 0 Å². The van der Waals surface area contributed by atoms with Crippen LogP contribution in [0, 0.1) is 0 Å². The second kappa shape index (κ2) is 8.19. The minimum atomic E-state index is -1.55. The third kappa shape index (κ3) is 3.36. The summed E-state index contributed by atoms with van der Waals surface area (Å²) < 4.78 is 5.56. The maximum absolute atomic E-state index is 12.1. The summed E-state index contributed by atoms with van der Waals surface area (Å²) in [5.41, 5.74) is 3.14. The van der Waals surface area contributed by atoms with Crippen LogP contribution in [0.2, 0.25) is 0 Å². The summed E-state index contributed by atoms with van der Waals surface area (Å²) in [5.74, 6) is -1.51. The summed E-state index contributed by atoms with van der Waals surface area (Å²) in [7, 11) is 0. The Bertz CT molecular complexity index is 1140. The number of carbonyl (C=O) groups excluding carboxylic acids is 1. The lowest BCUT2D eigenvalue weighted by Crippen LogP contribution is -2.30. The van der Waals surface area contributed by atoms with Crippen molar-refractivity contribution in [3.8, 4) is 11.1 Å². The maximum Gasteiger partial charge on any atom is 0.378 e. The number of ether oxygens (including phenoxy) is 1. The topological polar surface area (TPSA) is 66.8 Å². The Labute approximate surface area is 187 Å². The van der Waals surface area contributed by atoms with Gasteiger partial charge in [0.25, 0.3) is 0 Å². The lowest BCUT2D eigenvalue weighted by molar-refractivity contribution is -0.147. The molecule has 1 saturated carbocycles. The van der Waals surface area contributed by atoms with Crippen molar-refractivity contribution in [3.63, 3.8) is 0 Å². The van der Waals surface area contributed by atoms with Gasteiger partial charge in [-0.15, -0.1) is 0 Å². The van der Waals surface area contributed by atoms with E-state index in [2.05, 4.69) is 24.3 Å². The normalized spacial score (nSPS) is 21.6. The quantitative estimate of drug-likeness (QED) is 0.466. The van der Waals surface area contributed by atoms with E-state index >= 15 is 0 Å². The monoisotopic (exact) mass is 426 g/mol. The van der Waals surface area contributed by atoms with Crippen LogP contribution in [0.1, 0.15) is 54.7 Å². The molecule has 1 unspecified atom stereocenters. The van der Waals surface area contributed by atoms with Gasteiger partial charge in [0.2, 0.25) is 11.4 Å². The zero-order valence-corrected chi connectivity index (χ0v) is 17.8. The number of aliphatic hydroxyl groups is 2. The predicted octanol–water partition coefficient (Wildman–Crippen LogP) is 6.53. The van der Waals surface area contributed by atoms with Gasteiger partial charge in [-0.1, -0.05) is 98.1 Å². The minimum absolute atomic E-state index is 0.488. The molecule has 0 saturated heterocycles. The molecule has 4 nitrogen and oxygen atoms in total. The van der Waals surface area contributed by atoms with E-state index in [4.69, 9.17) is 4.74 Å². The molecule has 0 aromatic heterocycles. The van der Waals surface area contributed by atoms with Crippen molar-refractivity contribution in [2.45, 2.75) is 43.6 Å². The van der Waals surface area contributed by atoms with Gasteiger partial charge in [-0.3, -0.25) is 0 Å². The summed E-state index contributed by atoms with van der Waals surface area (Å²) >= 11 is 0. The molecule has 0 amide bonds. The van der Waals surface area contributed by atoms with Gasteiger partial charge in [-0.2, -0.15) is 0 Å².